The average Bonchev–Trinajstić information content (AvgIpc) is 2.90. The van der Waals surface area contributed by atoms with Gasteiger partial charge in [-0.15, -0.1) is 0 Å². The van der Waals surface area contributed by atoms with E-state index >= 15 is 0 Å². The van der Waals surface area contributed by atoms with Gasteiger partial charge in [0.05, 0.1) is 40.6 Å². The molecular formula is C31H32Cl2FN3O4. The van der Waals surface area contributed by atoms with Crippen LogP contribution in [0.3, 0.4) is 0 Å². The Bertz CT molecular complexity index is 1480. The van der Waals surface area contributed by atoms with E-state index < -0.39 is 17.1 Å². The Labute approximate surface area is 248 Å². The third kappa shape index (κ3) is 5.79. The first-order valence-electron chi connectivity index (χ1n) is 13.3. The Morgan fingerprint density at radius 1 is 1.10 bits per heavy atom. The number of benzene rings is 3. The second kappa shape index (κ2) is 11.2. The summed E-state index contributed by atoms with van der Waals surface area (Å²) < 4.78 is 20.1. The van der Waals surface area contributed by atoms with E-state index in [9.17, 15) is 19.1 Å². The highest BCUT2D eigenvalue weighted by atomic mass is 35.5. The molecule has 0 aromatic heterocycles. The number of hydrogen-bond donors (Lipinski definition) is 2. The minimum absolute atomic E-state index is 0.0405. The molecule has 0 saturated carbocycles. The highest BCUT2D eigenvalue weighted by molar-refractivity contribution is 6.35. The number of ether oxygens (including phenoxy) is 1. The quantitative estimate of drug-likeness (QED) is 0.349. The lowest BCUT2D eigenvalue weighted by atomic mass is 9.77. The van der Waals surface area contributed by atoms with E-state index in [2.05, 4.69) is 10.2 Å². The van der Waals surface area contributed by atoms with Crippen LogP contribution < -0.4 is 15.1 Å². The third-order valence-electron chi connectivity index (χ3n) is 7.72. The van der Waals surface area contributed by atoms with Crippen LogP contribution >= 0.6 is 23.2 Å². The minimum Gasteiger partial charge on any atom is -0.396 e. The van der Waals surface area contributed by atoms with Crippen LogP contribution in [0.15, 0.2) is 54.6 Å². The molecule has 0 unspecified atom stereocenters. The van der Waals surface area contributed by atoms with E-state index in [4.69, 9.17) is 27.9 Å². The van der Waals surface area contributed by atoms with Crippen LogP contribution in [-0.2, 0) is 4.74 Å². The fraction of sp³-hybridized carbons (Fsp3) is 0.355. The summed E-state index contributed by atoms with van der Waals surface area (Å²) in [4.78, 5) is 29.9. The zero-order valence-corrected chi connectivity index (χ0v) is 24.7. The smallest absolute Gasteiger partial charge is 0.262 e. The van der Waals surface area contributed by atoms with E-state index in [0.29, 0.717) is 41.6 Å². The molecule has 5 rings (SSSR count). The summed E-state index contributed by atoms with van der Waals surface area (Å²) in [5.41, 5.74) is 2.67. The number of amides is 2. The van der Waals surface area contributed by atoms with Gasteiger partial charge < -0.3 is 25.0 Å². The fourth-order valence-electron chi connectivity index (χ4n) is 5.08. The van der Waals surface area contributed by atoms with E-state index in [1.54, 1.807) is 31.3 Å². The molecule has 0 atom stereocenters. The van der Waals surface area contributed by atoms with Crippen LogP contribution in [0.2, 0.25) is 10.0 Å². The number of carbonyl (C=O) groups is 2. The number of rotatable bonds is 8. The predicted molar refractivity (Wildman–Crippen MR) is 160 cm³/mol. The second-order valence-electron chi connectivity index (χ2n) is 11.7. The van der Waals surface area contributed by atoms with Gasteiger partial charge in [-0.2, -0.15) is 0 Å². The lowest BCUT2D eigenvalue weighted by Gasteiger charge is -2.56. The van der Waals surface area contributed by atoms with Gasteiger partial charge in [-0.3, -0.25) is 9.59 Å². The summed E-state index contributed by atoms with van der Waals surface area (Å²) in [6.07, 6.45) is 0. The molecule has 2 fully saturated rings. The molecule has 3 aromatic carbocycles. The molecule has 3 aromatic rings. The summed E-state index contributed by atoms with van der Waals surface area (Å²) in [7, 11) is 1.59. The number of nitrogens with one attached hydrogen (secondary N) is 1. The van der Waals surface area contributed by atoms with Gasteiger partial charge in [-0.05, 0) is 48.0 Å². The lowest BCUT2D eigenvalue weighted by molar-refractivity contribution is -0.127. The molecule has 2 amide bonds. The van der Waals surface area contributed by atoms with Crippen LogP contribution in [0.5, 0.6) is 0 Å². The Kier molecular flexibility index (Phi) is 8.05. The average molecular weight is 601 g/mol. The predicted octanol–water partition coefficient (Wildman–Crippen LogP) is 5.66. The Balaban J connectivity index is 1.49. The number of carbonyl (C=O) groups excluding carboxylic acids is 2. The van der Waals surface area contributed by atoms with Crippen LogP contribution in [0.1, 0.15) is 34.6 Å². The van der Waals surface area contributed by atoms with Crippen molar-refractivity contribution in [3.05, 3.63) is 81.6 Å². The maximum Gasteiger partial charge on any atom is 0.262 e. The van der Waals surface area contributed by atoms with Crippen molar-refractivity contribution in [2.75, 3.05) is 56.3 Å². The van der Waals surface area contributed by atoms with Gasteiger partial charge in [0.25, 0.3) is 11.8 Å². The van der Waals surface area contributed by atoms with Crippen molar-refractivity contribution in [3.63, 3.8) is 0 Å². The molecule has 216 valence electrons. The van der Waals surface area contributed by atoms with E-state index in [-0.39, 0.29) is 28.5 Å². The molecule has 0 aliphatic carbocycles. The van der Waals surface area contributed by atoms with Gasteiger partial charge in [-0.25, -0.2) is 4.39 Å². The van der Waals surface area contributed by atoms with Crippen LogP contribution in [-0.4, -0.2) is 63.4 Å². The van der Waals surface area contributed by atoms with Crippen LogP contribution in [0.25, 0.3) is 11.1 Å². The topological polar surface area (TPSA) is 82.1 Å². The molecule has 2 aliphatic heterocycles. The maximum absolute atomic E-state index is 14.6. The molecule has 41 heavy (non-hydrogen) atoms. The van der Waals surface area contributed by atoms with Crippen molar-refractivity contribution in [3.8, 4) is 11.1 Å². The fourth-order valence-corrected chi connectivity index (χ4v) is 5.55. The second-order valence-corrected chi connectivity index (χ2v) is 12.5. The number of hydrogen-bond acceptors (Lipinski definition) is 5. The summed E-state index contributed by atoms with van der Waals surface area (Å²) in [5, 5.41) is 12.9. The van der Waals surface area contributed by atoms with Crippen molar-refractivity contribution in [2.45, 2.75) is 13.8 Å². The molecule has 2 N–H and O–H groups in total. The van der Waals surface area contributed by atoms with Crippen molar-refractivity contribution in [1.82, 2.24) is 5.32 Å². The first-order chi connectivity index (χ1) is 19.4. The molecule has 2 heterocycles. The van der Waals surface area contributed by atoms with Gasteiger partial charge in [-0.1, -0.05) is 49.2 Å². The number of halogens is 3. The molecular weight excluding hydrogens is 568 g/mol. The summed E-state index contributed by atoms with van der Waals surface area (Å²) in [5.74, 6) is -1.53. The maximum atomic E-state index is 14.6. The lowest BCUT2D eigenvalue weighted by Crippen LogP contribution is -2.66. The van der Waals surface area contributed by atoms with Crippen molar-refractivity contribution < 1.29 is 23.8 Å². The van der Waals surface area contributed by atoms with Crippen molar-refractivity contribution >= 4 is 46.4 Å². The Morgan fingerprint density at radius 2 is 1.83 bits per heavy atom. The Morgan fingerprint density at radius 3 is 2.46 bits per heavy atom. The van der Waals surface area contributed by atoms with Gasteiger partial charge in [0.15, 0.2) is 0 Å². The molecule has 10 heteroatoms. The van der Waals surface area contributed by atoms with Gasteiger partial charge in [0, 0.05) is 54.9 Å². The van der Waals surface area contributed by atoms with E-state index in [1.165, 1.54) is 23.1 Å². The number of aliphatic hydroxyl groups excluding tert-OH is 1. The number of nitrogens with zero attached hydrogens (tertiary/aromatic N) is 2. The Hall–Kier alpha value is -3.17. The van der Waals surface area contributed by atoms with Gasteiger partial charge in [0.1, 0.15) is 5.82 Å². The molecule has 2 aliphatic rings. The first-order valence-corrected chi connectivity index (χ1v) is 14.1. The van der Waals surface area contributed by atoms with Gasteiger partial charge >= 0.3 is 0 Å². The van der Waals surface area contributed by atoms with Crippen molar-refractivity contribution in [1.29, 1.82) is 0 Å². The SMILES string of the molecule is CN(C(=O)c1c(F)cccc1Cl)c1ccc(-c2cc(C(=O)NCC(C)(C)CO)ccc2Cl)cc1N1CC2(COC2)C1. The molecule has 1 spiro atoms. The third-order valence-corrected chi connectivity index (χ3v) is 8.37. The van der Waals surface area contributed by atoms with E-state index in [0.717, 1.165) is 24.3 Å². The van der Waals surface area contributed by atoms with Crippen LogP contribution in [0.4, 0.5) is 15.8 Å². The summed E-state index contributed by atoms with van der Waals surface area (Å²) in [6, 6.07) is 14.8. The molecule has 7 nitrogen and oxygen atoms in total. The monoisotopic (exact) mass is 599 g/mol. The summed E-state index contributed by atoms with van der Waals surface area (Å²) in [6.45, 7) is 6.86. The molecule has 2 saturated heterocycles. The van der Waals surface area contributed by atoms with Gasteiger partial charge in [0.2, 0.25) is 0 Å². The first kappa shape index (κ1) is 29.3. The van der Waals surface area contributed by atoms with Crippen molar-refractivity contribution in [2.24, 2.45) is 10.8 Å². The summed E-state index contributed by atoms with van der Waals surface area (Å²) >= 11 is 12.8. The minimum atomic E-state index is -0.689. The number of anilines is 2. The van der Waals surface area contributed by atoms with Crippen LogP contribution in [0, 0.1) is 16.6 Å². The number of aliphatic hydroxyl groups is 1. The zero-order valence-electron chi connectivity index (χ0n) is 23.1. The molecule has 0 bridgehead atoms. The van der Waals surface area contributed by atoms with E-state index in [1.807, 2.05) is 26.0 Å². The largest absolute Gasteiger partial charge is 0.396 e. The highest BCUT2D eigenvalue weighted by Gasteiger charge is 2.49. The highest BCUT2D eigenvalue weighted by Crippen LogP contribution is 2.45. The normalized spacial score (nSPS) is 15.7. The standard InChI is InChI=1S/C31H32Cl2FN3O4/c1-30(2,16-38)13-35-28(39)20-7-9-22(32)21(11-20)19-8-10-25(26(12-19)37-14-31(15-37)17-41-18-31)36(3)29(40)27-23(33)5-4-6-24(27)34/h4-12,38H,13-18H2,1-3H3,(H,35,39). The zero-order chi connectivity index (χ0) is 29.5. The molecule has 0 radical (unpaired) electrons.